The number of fused-ring (bicyclic) bond motifs is 6. The van der Waals surface area contributed by atoms with Crippen molar-refractivity contribution in [1.29, 1.82) is 0 Å². The third-order valence-electron chi connectivity index (χ3n) is 4.67. The summed E-state index contributed by atoms with van der Waals surface area (Å²) >= 11 is 9.88. The van der Waals surface area contributed by atoms with Crippen molar-refractivity contribution in [2.45, 2.75) is 0 Å². The third kappa shape index (κ3) is 2.12. The quantitative estimate of drug-likeness (QED) is 0.265. The van der Waals surface area contributed by atoms with Crippen LogP contribution in [0.25, 0.3) is 44.0 Å². The number of hydrogen-bond acceptors (Lipinski definition) is 1. The van der Waals surface area contributed by atoms with Crippen LogP contribution in [0.3, 0.4) is 0 Å². The van der Waals surface area contributed by atoms with Crippen molar-refractivity contribution in [1.82, 2.24) is 8.58 Å². The molecule has 0 aliphatic heterocycles. The van der Waals surface area contributed by atoms with Gasteiger partial charge in [-0.3, -0.25) is 3.59 Å². The van der Waals surface area contributed by atoms with Gasteiger partial charge < -0.3 is 0 Å². The van der Waals surface area contributed by atoms with Crippen LogP contribution in [0.2, 0.25) is 5.02 Å². The fraction of sp³-hybridized carbons (Fsp3) is 0. The summed E-state index contributed by atoms with van der Waals surface area (Å²) in [6.45, 7) is 0. The Balaban J connectivity index is 2.04. The van der Waals surface area contributed by atoms with E-state index in [0.717, 1.165) is 32.6 Å². The Bertz CT molecular complexity index is 1310. The van der Waals surface area contributed by atoms with E-state index in [-0.39, 0.29) is 5.56 Å². The van der Waals surface area contributed by atoms with Gasteiger partial charge in [0, 0.05) is 10.8 Å². The number of halogens is 3. The number of aromatic nitrogens is 2. The van der Waals surface area contributed by atoms with Gasteiger partial charge in [-0.2, -0.15) is 0 Å². The average molecular weight is 426 g/mol. The minimum absolute atomic E-state index is 0.287. The van der Waals surface area contributed by atoms with Gasteiger partial charge in [-0.15, -0.1) is 0 Å². The molecule has 0 amide bonds. The second-order valence-electron chi connectivity index (χ2n) is 6.10. The van der Waals surface area contributed by atoms with Crippen molar-refractivity contribution in [3.63, 3.8) is 0 Å². The van der Waals surface area contributed by atoms with Gasteiger partial charge in [0.1, 0.15) is 5.82 Å². The van der Waals surface area contributed by atoms with Crippen LogP contribution in [-0.4, -0.2) is 8.58 Å². The molecule has 5 heteroatoms. The zero-order chi connectivity index (χ0) is 17.8. The highest BCUT2D eigenvalue weighted by molar-refractivity contribution is 9.08. The maximum atomic E-state index is 14.5. The summed E-state index contributed by atoms with van der Waals surface area (Å²) in [4.78, 5) is 4.77. The van der Waals surface area contributed by atoms with Gasteiger partial charge in [0.05, 0.1) is 37.8 Å². The molecule has 0 fully saturated rings. The van der Waals surface area contributed by atoms with Crippen molar-refractivity contribution in [2.24, 2.45) is 0 Å². The first-order valence-electron chi connectivity index (χ1n) is 8.09. The number of hydrogen-bond donors (Lipinski definition) is 0. The molecule has 0 radical (unpaired) electrons. The molecule has 0 spiro atoms. The van der Waals surface area contributed by atoms with E-state index in [2.05, 4.69) is 34.3 Å². The Labute approximate surface area is 162 Å². The summed E-state index contributed by atoms with van der Waals surface area (Å²) in [5.41, 5.74) is 1.99. The molecule has 26 heavy (non-hydrogen) atoms. The summed E-state index contributed by atoms with van der Waals surface area (Å²) in [5, 5.41) is 4.64. The van der Waals surface area contributed by atoms with Crippen LogP contribution >= 0.6 is 27.7 Å². The maximum absolute atomic E-state index is 14.5. The fourth-order valence-corrected chi connectivity index (χ4v) is 4.40. The van der Waals surface area contributed by atoms with Crippen LogP contribution < -0.4 is 0 Å². The first-order valence-corrected chi connectivity index (χ1v) is 9.18. The maximum Gasteiger partial charge on any atom is 0.155 e. The molecule has 0 bridgehead atoms. The van der Waals surface area contributed by atoms with E-state index < -0.39 is 5.82 Å². The fourth-order valence-electron chi connectivity index (χ4n) is 3.54. The van der Waals surface area contributed by atoms with Gasteiger partial charge in [-0.05, 0) is 22.9 Å². The molecule has 0 unspecified atom stereocenters. The summed E-state index contributed by atoms with van der Waals surface area (Å²) in [6, 6.07) is 20.9. The molecule has 126 valence electrons. The molecule has 4 aromatic carbocycles. The first-order chi connectivity index (χ1) is 12.7. The molecule has 0 N–H and O–H groups in total. The van der Waals surface area contributed by atoms with E-state index in [1.54, 1.807) is 15.7 Å². The largest absolute Gasteiger partial charge is 0.257 e. The molecule has 5 rings (SSSR count). The topological polar surface area (TPSA) is 17.8 Å². The van der Waals surface area contributed by atoms with Gasteiger partial charge in [0.25, 0.3) is 0 Å². The van der Waals surface area contributed by atoms with E-state index in [1.165, 1.54) is 6.07 Å². The van der Waals surface area contributed by atoms with Crippen molar-refractivity contribution in [2.75, 3.05) is 0 Å². The molecular weight excluding hydrogens is 415 g/mol. The second-order valence-corrected chi connectivity index (χ2v) is 7.22. The third-order valence-corrected chi connectivity index (χ3v) is 5.67. The van der Waals surface area contributed by atoms with Gasteiger partial charge in [-0.1, -0.05) is 66.2 Å². The molecule has 0 aliphatic carbocycles. The molecule has 0 saturated carbocycles. The van der Waals surface area contributed by atoms with E-state index >= 15 is 0 Å². The zero-order valence-corrected chi connectivity index (χ0v) is 15.7. The van der Waals surface area contributed by atoms with Gasteiger partial charge in [0.15, 0.2) is 5.82 Å². The Kier molecular flexibility index (Phi) is 3.52. The van der Waals surface area contributed by atoms with E-state index in [9.17, 15) is 4.39 Å². The minimum atomic E-state index is -0.401. The normalized spacial score (nSPS) is 11.7. The van der Waals surface area contributed by atoms with Crippen molar-refractivity contribution in [3.8, 4) is 11.4 Å². The SMILES string of the molecule is Fc1cccc(Cl)c1-c1nc2c3ccccc3c3ccccc3c2n1Br. The number of rotatable bonds is 1. The number of benzene rings is 4. The molecule has 0 atom stereocenters. The summed E-state index contributed by atoms with van der Waals surface area (Å²) in [5.74, 6) is 0.0479. The van der Waals surface area contributed by atoms with Crippen LogP contribution in [0.5, 0.6) is 0 Å². The van der Waals surface area contributed by atoms with Crippen molar-refractivity contribution in [3.05, 3.63) is 77.6 Å². The average Bonchev–Trinajstić information content (AvgIpc) is 3.00. The van der Waals surface area contributed by atoms with Gasteiger partial charge in [-0.25, -0.2) is 9.37 Å². The number of nitrogens with zero attached hydrogens (tertiary/aromatic N) is 2. The van der Waals surface area contributed by atoms with Gasteiger partial charge in [0.2, 0.25) is 0 Å². The number of imidazole rings is 1. The molecular formula is C21H11BrClFN2. The molecule has 2 nitrogen and oxygen atoms in total. The molecule has 5 aromatic rings. The first kappa shape index (κ1) is 15.8. The predicted octanol–water partition coefficient (Wildman–Crippen LogP) is 6.96. The van der Waals surface area contributed by atoms with Crippen LogP contribution in [0.1, 0.15) is 0 Å². The highest BCUT2D eigenvalue weighted by Gasteiger charge is 2.21. The highest BCUT2D eigenvalue weighted by atomic mass is 79.9. The van der Waals surface area contributed by atoms with Crippen molar-refractivity contribution < 1.29 is 4.39 Å². The van der Waals surface area contributed by atoms with Crippen LogP contribution in [-0.2, 0) is 0 Å². The Morgan fingerprint density at radius 2 is 1.42 bits per heavy atom. The predicted molar refractivity (Wildman–Crippen MR) is 109 cm³/mol. The molecule has 1 heterocycles. The van der Waals surface area contributed by atoms with E-state index in [1.807, 2.05) is 30.3 Å². The zero-order valence-electron chi connectivity index (χ0n) is 13.4. The lowest BCUT2D eigenvalue weighted by molar-refractivity contribution is 0.630. The minimum Gasteiger partial charge on any atom is -0.257 e. The second kappa shape index (κ2) is 5.79. The van der Waals surface area contributed by atoms with Crippen LogP contribution in [0.15, 0.2) is 66.7 Å². The molecule has 1 aromatic heterocycles. The Hall–Kier alpha value is -2.43. The molecule has 0 saturated heterocycles. The monoisotopic (exact) mass is 424 g/mol. The highest BCUT2D eigenvalue weighted by Crippen LogP contribution is 2.40. The van der Waals surface area contributed by atoms with Crippen LogP contribution in [0.4, 0.5) is 4.39 Å². The van der Waals surface area contributed by atoms with E-state index in [0.29, 0.717) is 10.8 Å². The summed E-state index contributed by atoms with van der Waals surface area (Å²) in [6.07, 6.45) is 0. The summed E-state index contributed by atoms with van der Waals surface area (Å²) < 4.78 is 16.3. The summed E-state index contributed by atoms with van der Waals surface area (Å²) in [7, 11) is 0. The van der Waals surface area contributed by atoms with Crippen LogP contribution in [0, 0.1) is 5.82 Å². The lowest BCUT2D eigenvalue weighted by atomic mass is 10.0. The van der Waals surface area contributed by atoms with E-state index in [4.69, 9.17) is 16.6 Å². The Morgan fingerprint density at radius 3 is 2.12 bits per heavy atom. The Morgan fingerprint density at radius 1 is 0.808 bits per heavy atom. The van der Waals surface area contributed by atoms with Crippen molar-refractivity contribution >= 4 is 60.3 Å². The lowest BCUT2D eigenvalue weighted by Gasteiger charge is -2.07. The molecule has 0 aliphatic rings. The smallest absolute Gasteiger partial charge is 0.155 e. The lowest BCUT2D eigenvalue weighted by Crippen LogP contribution is -1.91. The van der Waals surface area contributed by atoms with Gasteiger partial charge >= 0.3 is 0 Å². The standard InChI is InChI=1S/C21H11BrClFN2/c22-26-20-15-9-4-2-7-13(15)12-6-1-3-8-14(12)19(20)25-21(26)18-16(23)10-5-11-17(18)24/h1-11H.